The molecule has 4 aromatic carbocycles. The van der Waals surface area contributed by atoms with Gasteiger partial charge in [0.25, 0.3) is 5.79 Å². The van der Waals surface area contributed by atoms with Crippen molar-refractivity contribution in [2.24, 2.45) is 5.92 Å². The molecule has 4 atom stereocenters. The van der Waals surface area contributed by atoms with Gasteiger partial charge in [-0.1, -0.05) is 17.7 Å². The third-order valence-corrected chi connectivity index (χ3v) is 8.78. The van der Waals surface area contributed by atoms with Crippen LogP contribution < -0.4 is 9.47 Å². The molecule has 0 saturated heterocycles. The third-order valence-electron chi connectivity index (χ3n) is 8.78. The minimum absolute atomic E-state index is 0.0283. The Kier molecular flexibility index (Phi) is 4.90. The highest BCUT2D eigenvalue weighted by Gasteiger charge is 2.61. The zero-order chi connectivity index (χ0) is 28.9. The normalized spacial score (nSPS) is 23.6. The molecule has 2 aliphatic heterocycles. The fraction of sp³-hybridized carbons (Fsp3) is 0.176. The Morgan fingerprint density at radius 3 is 2.31 bits per heavy atom. The van der Waals surface area contributed by atoms with Crippen molar-refractivity contribution >= 4 is 11.0 Å². The molecule has 0 amide bonds. The number of phenols is 5. The van der Waals surface area contributed by atoms with Gasteiger partial charge in [-0.05, 0) is 67.4 Å². The fourth-order valence-electron chi connectivity index (χ4n) is 7.11. The van der Waals surface area contributed by atoms with E-state index in [9.17, 15) is 25.5 Å². The first-order valence-electron chi connectivity index (χ1n) is 13.7. The van der Waals surface area contributed by atoms with Gasteiger partial charge in [-0.3, -0.25) is 0 Å². The molecule has 5 N–H and O–H groups in total. The summed E-state index contributed by atoms with van der Waals surface area (Å²) >= 11 is 0. The molecule has 42 heavy (non-hydrogen) atoms. The highest BCUT2D eigenvalue weighted by atomic mass is 16.7. The molecule has 8 rings (SSSR count). The number of hydrogen-bond acceptors (Lipinski definition) is 8. The Hall–Kier alpha value is -5.24. The first-order chi connectivity index (χ1) is 20.2. The third kappa shape index (κ3) is 3.41. The van der Waals surface area contributed by atoms with Gasteiger partial charge in [0.05, 0.1) is 11.5 Å². The number of benzene rings is 4. The second kappa shape index (κ2) is 8.39. The van der Waals surface area contributed by atoms with E-state index < -0.39 is 11.7 Å². The van der Waals surface area contributed by atoms with Crippen molar-refractivity contribution in [1.29, 1.82) is 0 Å². The Balaban J connectivity index is 1.38. The Bertz CT molecular complexity index is 1970. The van der Waals surface area contributed by atoms with Crippen LogP contribution in [-0.4, -0.2) is 25.5 Å². The van der Waals surface area contributed by atoms with E-state index >= 15 is 0 Å². The standard InChI is InChI=1S/C34H26O8/c1-16-8-23-22-6-4-21(37)15-30(22)41-34(25-7-5-19(35)13-26(25)38)33(23)24(9-16)32-27(39)10-18(12-31(32)42-34)28-11-17-2-3-20(36)14-29(17)40-28/h2-7,9-15,23-24,33,35-39H,8H2,1H3/t23-,24-,33-,34+/m0/s1. The predicted octanol–water partition coefficient (Wildman–Crippen LogP) is 7.10. The summed E-state index contributed by atoms with van der Waals surface area (Å²) < 4.78 is 19.5. The van der Waals surface area contributed by atoms with E-state index in [4.69, 9.17) is 13.9 Å². The van der Waals surface area contributed by atoms with Crippen molar-refractivity contribution in [2.45, 2.75) is 31.0 Å². The zero-order valence-corrected chi connectivity index (χ0v) is 22.4. The molecule has 0 saturated carbocycles. The molecule has 3 heterocycles. The predicted molar refractivity (Wildman–Crippen MR) is 153 cm³/mol. The number of hydrogen-bond donors (Lipinski definition) is 5. The summed E-state index contributed by atoms with van der Waals surface area (Å²) in [6.45, 7) is 2.05. The van der Waals surface area contributed by atoms with Gasteiger partial charge in [0.1, 0.15) is 51.6 Å². The van der Waals surface area contributed by atoms with Gasteiger partial charge in [0.2, 0.25) is 0 Å². The van der Waals surface area contributed by atoms with Crippen molar-refractivity contribution in [3.63, 3.8) is 0 Å². The van der Waals surface area contributed by atoms with Crippen molar-refractivity contribution in [3.8, 4) is 51.6 Å². The van der Waals surface area contributed by atoms with Gasteiger partial charge < -0.3 is 39.4 Å². The average molecular weight is 563 g/mol. The Morgan fingerprint density at radius 1 is 0.738 bits per heavy atom. The summed E-state index contributed by atoms with van der Waals surface area (Å²) in [5.41, 5.74) is 3.98. The molecule has 0 fully saturated rings. The summed E-state index contributed by atoms with van der Waals surface area (Å²) in [7, 11) is 0. The molecule has 8 nitrogen and oxygen atoms in total. The number of allylic oxidation sites excluding steroid dienone is 2. The van der Waals surface area contributed by atoms with E-state index in [-0.39, 0.29) is 40.6 Å². The van der Waals surface area contributed by atoms with E-state index in [2.05, 4.69) is 13.0 Å². The van der Waals surface area contributed by atoms with E-state index in [1.54, 1.807) is 42.5 Å². The number of aromatic hydroxyl groups is 5. The van der Waals surface area contributed by atoms with Crippen LogP contribution in [0.2, 0.25) is 0 Å². The van der Waals surface area contributed by atoms with Gasteiger partial charge in [-0.15, -0.1) is 0 Å². The maximum Gasteiger partial charge on any atom is 0.285 e. The lowest BCUT2D eigenvalue weighted by Crippen LogP contribution is -2.56. The van der Waals surface area contributed by atoms with Gasteiger partial charge in [-0.25, -0.2) is 0 Å². The number of fused-ring (bicyclic) bond motifs is 5. The van der Waals surface area contributed by atoms with Crippen LogP contribution in [-0.2, 0) is 5.79 Å². The van der Waals surface area contributed by atoms with Crippen LogP contribution in [0.15, 0.2) is 88.9 Å². The lowest BCUT2D eigenvalue weighted by atomic mass is 9.61. The number of phenolic OH excluding ortho intramolecular Hbond substituents is 5. The number of rotatable bonds is 2. The van der Waals surface area contributed by atoms with Crippen molar-refractivity contribution in [2.75, 3.05) is 0 Å². The summed E-state index contributed by atoms with van der Waals surface area (Å²) in [6.07, 6.45) is 2.80. The van der Waals surface area contributed by atoms with Gasteiger partial charge >= 0.3 is 0 Å². The minimum atomic E-state index is -1.57. The van der Waals surface area contributed by atoms with Gasteiger partial charge in [0.15, 0.2) is 0 Å². The summed E-state index contributed by atoms with van der Waals surface area (Å²) in [6, 6.07) is 19.4. The number of furan rings is 1. The maximum absolute atomic E-state index is 11.5. The SMILES string of the molecule is CC1=C[C@H]2c3c(O)cc(-c4cc5ccc(O)cc5o4)cc3O[C@@]3(c4ccc(O)cc4O)Oc4cc(O)ccc4[C@H](C1)[C@@H]23. The second-order valence-corrected chi connectivity index (χ2v) is 11.4. The molecule has 1 aliphatic carbocycles. The van der Waals surface area contributed by atoms with Crippen LogP contribution >= 0.6 is 0 Å². The number of ether oxygens (including phenoxy) is 2. The monoisotopic (exact) mass is 562 g/mol. The molecule has 210 valence electrons. The minimum Gasteiger partial charge on any atom is -0.508 e. The van der Waals surface area contributed by atoms with Crippen LogP contribution in [0.5, 0.6) is 40.2 Å². The Morgan fingerprint density at radius 2 is 1.48 bits per heavy atom. The molecular formula is C34H26O8. The molecular weight excluding hydrogens is 536 g/mol. The summed E-state index contributed by atoms with van der Waals surface area (Å²) in [5, 5.41) is 53.9. The molecule has 0 unspecified atom stereocenters. The lowest BCUT2D eigenvalue weighted by molar-refractivity contribution is -0.198. The smallest absolute Gasteiger partial charge is 0.285 e. The van der Waals surface area contributed by atoms with E-state index in [0.29, 0.717) is 46.0 Å². The molecule has 0 spiro atoms. The summed E-state index contributed by atoms with van der Waals surface area (Å²) in [4.78, 5) is 0. The molecule has 3 aliphatic rings. The maximum atomic E-state index is 11.5. The lowest BCUT2D eigenvalue weighted by Gasteiger charge is -2.55. The Labute approximate surface area is 239 Å². The quantitative estimate of drug-likeness (QED) is 0.144. The largest absolute Gasteiger partial charge is 0.508 e. The molecule has 0 radical (unpaired) electrons. The first kappa shape index (κ1) is 24.5. The van der Waals surface area contributed by atoms with Crippen LogP contribution in [0.1, 0.15) is 41.9 Å². The highest BCUT2D eigenvalue weighted by Crippen LogP contribution is 2.65. The van der Waals surface area contributed by atoms with E-state index in [1.807, 2.05) is 12.1 Å². The van der Waals surface area contributed by atoms with E-state index in [0.717, 1.165) is 16.5 Å². The van der Waals surface area contributed by atoms with Crippen molar-refractivity contribution in [1.82, 2.24) is 0 Å². The van der Waals surface area contributed by atoms with Crippen LogP contribution in [0.3, 0.4) is 0 Å². The fourth-order valence-corrected chi connectivity index (χ4v) is 7.11. The zero-order valence-electron chi connectivity index (χ0n) is 22.4. The van der Waals surface area contributed by atoms with Crippen LogP contribution in [0.25, 0.3) is 22.3 Å². The van der Waals surface area contributed by atoms with Crippen LogP contribution in [0.4, 0.5) is 0 Å². The summed E-state index contributed by atoms with van der Waals surface area (Å²) in [5.74, 6) is -1.40. The van der Waals surface area contributed by atoms with Gasteiger partial charge in [0, 0.05) is 46.5 Å². The van der Waals surface area contributed by atoms with Crippen LogP contribution in [0, 0.1) is 5.92 Å². The first-order valence-corrected chi connectivity index (χ1v) is 13.7. The molecule has 5 aromatic rings. The second-order valence-electron chi connectivity index (χ2n) is 11.4. The molecule has 1 aromatic heterocycles. The topological polar surface area (TPSA) is 133 Å². The molecule has 0 bridgehead atoms. The average Bonchev–Trinajstić information content (AvgIpc) is 3.35. The van der Waals surface area contributed by atoms with Gasteiger partial charge in [-0.2, -0.15) is 0 Å². The van der Waals surface area contributed by atoms with E-state index in [1.165, 1.54) is 18.2 Å². The van der Waals surface area contributed by atoms with Crippen molar-refractivity contribution in [3.05, 3.63) is 101 Å². The molecule has 8 heteroatoms. The van der Waals surface area contributed by atoms with Crippen molar-refractivity contribution < 1.29 is 39.4 Å². The highest BCUT2D eigenvalue weighted by molar-refractivity contribution is 5.84.